The van der Waals surface area contributed by atoms with E-state index in [0.29, 0.717) is 6.54 Å². The zero-order valence-corrected chi connectivity index (χ0v) is 12.3. The average Bonchev–Trinajstić information content (AvgIpc) is 2.36. The van der Waals surface area contributed by atoms with Gasteiger partial charge in [-0.3, -0.25) is 0 Å². The first-order valence-corrected chi connectivity index (χ1v) is 6.87. The van der Waals surface area contributed by atoms with Crippen molar-refractivity contribution in [3.8, 4) is 0 Å². The monoisotopic (exact) mass is 288 g/mol. The van der Waals surface area contributed by atoms with Crippen molar-refractivity contribution in [3.05, 3.63) is 35.4 Å². The van der Waals surface area contributed by atoms with E-state index in [1.165, 1.54) is 5.56 Å². The fourth-order valence-corrected chi connectivity index (χ4v) is 2.05. The average molecular weight is 288 g/mol. The zero-order chi connectivity index (χ0) is 15.2. The van der Waals surface area contributed by atoms with Gasteiger partial charge in [0.2, 0.25) is 0 Å². The standard InChI is InChI=1S/C15H23F3N2/c1-4-19-14(13-7-5-12(2)6-8-13)11-20(3)10-9-15(16,17)18/h5-8,14,19H,4,9-11H2,1-3H3. The Labute approximate surface area is 119 Å². The van der Waals surface area contributed by atoms with Crippen LogP contribution in [-0.2, 0) is 0 Å². The van der Waals surface area contributed by atoms with Crippen LogP contribution in [0.25, 0.3) is 0 Å². The molecule has 0 aliphatic heterocycles. The number of likely N-dealkylation sites (N-methyl/N-ethyl adjacent to an activating group) is 2. The zero-order valence-electron chi connectivity index (χ0n) is 12.3. The van der Waals surface area contributed by atoms with Gasteiger partial charge in [0.15, 0.2) is 0 Å². The van der Waals surface area contributed by atoms with Gasteiger partial charge in [0.25, 0.3) is 0 Å². The number of hydrogen-bond donors (Lipinski definition) is 1. The van der Waals surface area contributed by atoms with Gasteiger partial charge in [-0.25, -0.2) is 0 Å². The Bertz CT molecular complexity index is 387. The van der Waals surface area contributed by atoms with Gasteiger partial charge in [-0.15, -0.1) is 0 Å². The minimum atomic E-state index is -4.09. The SMILES string of the molecule is CCNC(CN(C)CCC(F)(F)F)c1ccc(C)cc1. The molecule has 1 rings (SSSR count). The summed E-state index contributed by atoms with van der Waals surface area (Å²) >= 11 is 0. The summed E-state index contributed by atoms with van der Waals surface area (Å²) in [5, 5.41) is 3.32. The maximum absolute atomic E-state index is 12.2. The molecule has 0 aliphatic rings. The van der Waals surface area contributed by atoms with Crippen molar-refractivity contribution in [1.82, 2.24) is 10.2 Å². The van der Waals surface area contributed by atoms with Gasteiger partial charge in [0.05, 0.1) is 6.42 Å². The second kappa shape index (κ2) is 7.64. The first-order valence-electron chi connectivity index (χ1n) is 6.87. The van der Waals surface area contributed by atoms with Gasteiger partial charge in [-0.2, -0.15) is 13.2 Å². The fraction of sp³-hybridized carbons (Fsp3) is 0.600. The van der Waals surface area contributed by atoms with Gasteiger partial charge in [0.1, 0.15) is 0 Å². The maximum Gasteiger partial charge on any atom is 0.390 e. The van der Waals surface area contributed by atoms with Crippen LogP contribution in [-0.4, -0.2) is 37.8 Å². The third kappa shape index (κ3) is 6.39. The van der Waals surface area contributed by atoms with E-state index in [1.807, 2.05) is 38.1 Å². The molecule has 1 aromatic carbocycles. The first-order chi connectivity index (χ1) is 9.31. The second-order valence-corrected chi connectivity index (χ2v) is 5.15. The quantitative estimate of drug-likeness (QED) is 0.825. The number of aryl methyl sites for hydroxylation is 1. The fourth-order valence-electron chi connectivity index (χ4n) is 2.05. The van der Waals surface area contributed by atoms with Crippen LogP contribution in [0, 0.1) is 6.92 Å². The topological polar surface area (TPSA) is 15.3 Å². The second-order valence-electron chi connectivity index (χ2n) is 5.15. The predicted molar refractivity (Wildman–Crippen MR) is 75.8 cm³/mol. The number of rotatable bonds is 7. The minimum absolute atomic E-state index is 0.0251. The summed E-state index contributed by atoms with van der Waals surface area (Å²) in [7, 11) is 1.73. The van der Waals surface area contributed by atoms with Gasteiger partial charge < -0.3 is 10.2 Å². The summed E-state index contributed by atoms with van der Waals surface area (Å²) in [5.41, 5.74) is 2.28. The Kier molecular flexibility index (Phi) is 6.49. The van der Waals surface area contributed by atoms with Crippen molar-refractivity contribution in [2.45, 2.75) is 32.5 Å². The van der Waals surface area contributed by atoms with Crippen molar-refractivity contribution in [2.24, 2.45) is 0 Å². The highest BCUT2D eigenvalue weighted by Crippen LogP contribution is 2.20. The summed E-state index contributed by atoms with van der Waals surface area (Å²) in [4.78, 5) is 1.72. The van der Waals surface area contributed by atoms with E-state index < -0.39 is 12.6 Å². The molecule has 0 aromatic heterocycles. The molecule has 1 unspecified atom stereocenters. The van der Waals surface area contributed by atoms with Gasteiger partial charge in [-0.05, 0) is 26.1 Å². The highest BCUT2D eigenvalue weighted by Gasteiger charge is 2.27. The lowest BCUT2D eigenvalue weighted by atomic mass is 10.0. The van der Waals surface area contributed by atoms with Crippen LogP contribution in [0.3, 0.4) is 0 Å². The molecule has 1 aromatic rings. The normalized spacial score (nSPS) is 13.8. The molecule has 0 fully saturated rings. The number of halogens is 3. The van der Waals surface area contributed by atoms with Crippen molar-refractivity contribution >= 4 is 0 Å². The van der Waals surface area contributed by atoms with Gasteiger partial charge in [0, 0.05) is 19.1 Å². The Morgan fingerprint density at radius 2 is 1.80 bits per heavy atom. The van der Waals surface area contributed by atoms with E-state index in [4.69, 9.17) is 0 Å². The number of hydrogen-bond acceptors (Lipinski definition) is 2. The lowest BCUT2D eigenvalue weighted by Gasteiger charge is -2.25. The molecule has 2 nitrogen and oxygen atoms in total. The molecule has 0 saturated carbocycles. The molecule has 0 heterocycles. The van der Waals surface area contributed by atoms with Crippen molar-refractivity contribution in [3.63, 3.8) is 0 Å². The molecule has 114 valence electrons. The minimum Gasteiger partial charge on any atom is -0.309 e. The third-order valence-corrected chi connectivity index (χ3v) is 3.20. The molecule has 1 N–H and O–H groups in total. The van der Waals surface area contributed by atoms with Crippen LogP contribution in [0.2, 0.25) is 0 Å². The molecular weight excluding hydrogens is 265 g/mol. The van der Waals surface area contributed by atoms with Crippen LogP contribution in [0.15, 0.2) is 24.3 Å². The summed E-state index contributed by atoms with van der Waals surface area (Å²) in [6.07, 6.45) is -4.86. The third-order valence-electron chi connectivity index (χ3n) is 3.20. The molecular formula is C15H23F3N2. The molecule has 20 heavy (non-hydrogen) atoms. The number of benzene rings is 1. The van der Waals surface area contributed by atoms with Gasteiger partial charge in [-0.1, -0.05) is 36.8 Å². The van der Waals surface area contributed by atoms with Crippen molar-refractivity contribution in [1.29, 1.82) is 0 Å². The summed E-state index contributed by atoms with van der Waals surface area (Å²) in [6, 6.07) is 8.16. The molecule has 0 saturated heterocycles. The molecule has 1 atom stereocenters. The first kappa shape index (κ1) is 17.0. The number of alkyl halides is 3. The van der Waals surface area contributed by atoms with E-state index >= 15 is 0 Å². The Morgan fingerprint density at radius 1 is 1.20 bits per heavy atom. The Hall–Kier alpha value is -1.07. The smallest absolute Gasteiger partial charge is 0.309 e. The Morgan fingerprint density at radius 3 is 2.30 bits per heavy atom. The maximum atomic E-state index is 12.2. The van der Waals surface area contributed by atoms with Crippen LogP contribution < -0.4 is 5.32 Å². The number of nitrogens with zero attached hydrogens (tertiary/aromatic N) is 1. The summed E-state index contributed by atoms with van der Waals surface area (Å²) in [6.45, 7) is 5.38. The lowest BCUT2D eigenvalue weighted by molar-refractivity contribution is -0.137. The molecule has 0 bridgehead atoms. The number of nitrogens with one attached hydrogen (secondary N) is 1. The molecule has 0 spiro atoms. The van der Waals surface area contributed by atoms with Crippen LogP contribution in [0.5, 0.6) is 0 Å². The Balaban J connectivity index is 2.60. The van der Waals surface area contributed by atoms with E-state index in [2.05, 4.69) is 5.32 Å². The van der Waals surface area contributed by atoms with Gasteiger partial charge >= 0.3 is 6.18 Å². The molecule has 0 aliphatic carbocycles. The largest absolute Gasteiger partial charge is 0.390 e. The highest BCUT2D eigenvalue weighted by atomic mass is 19.4. The molecule has 0 radical (unpaired) electrons. The van der Waals surface area contributed by atoms with Crippen LogP contribution >= 0.6 is 0 Å². The van der Waals surface area contributed by atoms with E-state index in [-0.39, 0.29) is 12.6 Å². The summed E-state index contributed by atoms with van der Waals surface area (Å²) in [5.74, 6) is 0. The molecule has 5 heteroatoms. The predicted octanol–water partition coefficient (Wildman–Crippen LogP) is 3.53. The highest BCUT2D eigenvalue weighted by molar-refractivity contribution is 5.24. The van der Waals surface area contributed by atoms with Crippen LogP contribution in [0.1, 0.15) is 30.5 Å². The van der Waals surface area contributed by atoms with E-state index in [9.17, 15) is 13.2 Å². The van der Waals surface area contributed by atoms with Crippen LogP contribution in [0.4, 0.5) is 13.2 Å². The van der Waals surface area contributed by atoms with E-state index in [0.717, 1.165) is 12.1 Å². The van der Waals surface area contributed by atoms with Crippen molar-refractivity contribution in [2.75, 3.05) is 26.7 Å². The van der Waals surface area contributed by atoms with Crippen molar-refractivity contribution < 1.29 is 13.2 Å². The molecule has 0 amide bonds. The lowest BCUT2D eigenvalue weighted by Crippen LogP contribution is -2.34. The van der Waals surface area contributed by atoms with E-state index in [1.54, 1.807) is 11.9 Å². The summed E-state index contributed by atoms with van der Waals surface area (Å²) < 4.78 is 36.7.